The van der Waals surface area contributed by atoms with Crippen molar-refractivity contribution >= 4 is 35.5 Å². The summed E-state index contributed by atoms with van der Waals surface area (Å²) in [5.41, 5.74) is 12.4. The van der Waals surface area contributed by atoms with Crippen LogP contribution in [0.4, 0.5) is 0 Å². The number of unbranched alkanes of at least 4 members (excludes halogenated alkanes) is 1. The van der Waals surface area contributed by atoms with E-state index < -0.39 is 54.5 Å². The molecule has 196 valence electrons. The van der Waals surface area contributed by atoms with E-state index in [1.54, 1.807) is 0 Å². The van der Waals surface area contributed by atoms with Gasteiger partial charge in [-0.15, -0.1) is 0 Å². The van der Waals surface area contributed by atoms with Gasteiger partial charge in [0.25, 0.3) is 0 Å². The van der Waals surface area contributed by atoms with E-state index in [2.05, 4.69) is 16.0 Å². The fraction of sp³-hybridized carbons (Fsp3) is 0.565. The van der Waals surface area contributed by atoms with Crippen molar-refractivity contribution in [3.8, 4) is 0 Å². The van der Waals surface area contributed by atoms with Crippen molar-refractivity contribution in [2.75, 3.05) is 25.2 Å². The minimum Gasteiger partial charge on any atom is -0.480 e. The van der Waals surface area contributed by atoms with E-state index in [9.17, 15) is 29.4 Å². The molecule has 0 aliphatic rings. The standard InChI is InChI=1S/C23H37N5O6S/c1-35-12-10-18(23(33)34)27-22(32)19(14-29)28-21(31)17(9-5-6-11-24)26-20(30)16(25)13-15-7-3-2-4-8-15/h2-4,7-8,16-19,29H,5-6,9-14,24-25H2,1H3,(H,26,30)(H,27,32)(H,28,31)(H,33,34). The Kier molecular flexibility index (Phi) is 14.6. The van der Waals surface area contributed by atoms with Crippen molar-refractivity contribution in [1.82, 2.24) is 16.0 Å². The summed E-state index contributed by atoms with van der Waals surface area (Å²) < 4.78 is 0. The number of aliphatic hydroxyl groups is 1. The lowest BCUT2D eigenvalue weighted by Gasteiger charge is -2.24. The van der Waals surface area contributed by atoms with Crippen LogP contribution in [0.1, 0.15) is 31.2 Å². The van der Waals surface area contributed by atoms with Gasteiger partial charge in [0.1, 0.15) is 18.1 Å². The van der Waals surface area contributed by atoms with Crippen LogP contribution < -0.4 is 27.4 Å². The predicted octanol–water partition coefficient (Wildman–Crippen LogP) is -1.03. The summed E-state index contributed by atoms with van der Waals surface area (Å²) in [5, 5.41) is 26.3. The van der Waals surface area contributed by atoms with Crippen LogP contribution in [0.15, 0.2) is 30.3 Å². The number of hydrogen-bond donors (Lipinski definition) is 7. The lowest BCUT2D eigenvalue weighted by atomic mass is 10.0. The number of carbonyl (C=O) groups is 4. The van der Waals surface area contributed by atoms with Gasteiger partial charge >= 0.3 is 5.97 Å². The molecule has 0 heterocycles. The van der Waals surface area contributed by atoms with Crippen molar-refractivity contribution < 1.29 is 29.4 Å². The van der Waals surface area contributed by atoms with Crippen LogP contribution in [0.25, 0.3) is 0 Å². The summed E-state index contributed by atoms with van der Waals surface area (Å²) in [6, 6.07) is 4.75. The Morgan fingerprint density at radius 1 is 0.914 bits per heavy atom. The molecule has 0 bridgehead atoms. The second-order valence-corrected chi connectivity index (χ2v) is 9.05. The van der Waals surface area contributed by atoms with Crippen molar-refractivity contribution in [3.63, 3.8) is 0 Å². The number of amides is 3. The fourth-order valence-electron chi connectivity index (χ4n) is 3.23. The lowest BCUT2D eigenvalue weighted by Crippen LogP contribution is -2.58. The van der Waals surface area contributed by atoms with Crippen molar-refractivity contribution in [2.24, 2.45) is 11.5 Å². The summed E-state index contributed by atoms with van der Waals surface area (Å²) >= 11 is 1.43. The van der Waals surface area contributed by atoms with E-state index in [0.717, 1.165) is 5.56 Å². The van der Waals surface area contributed by atoms with Crippen LogP contribution in [0.2, 0.25) is 0 Å². The number of rotatable bonds is 17. The summed E-state index contributed by atoms with van der Waals surface area (Å²) in [4.78, 5) is 49.5. The van der Waals surface area contributed by atoms with Gasteiger partial charge in [-0.1, -0.05) is 30.3 Å². The normalized spacial score (nSPS) is 14.3. The number of aliphatic carboxylic acids is 1. The highest BCUT2D eigenvalue weighted by Crippen LogP contribution is 2.06. The molecule has 1 aromatic rings. The van der Waals surface area contributed by atoms with Crippen LogP contribution in [-0.4, -0.2) is 83.2 Å². The summed E-state index contributed by atoms with van der Waals surface area (Å²) in [6.07, 6.45) is 3.67. The van der Waals surface area contributed by atoms with Crippen molar-refractivity contribution in [2.45, 2.75) is 56.3 Å². The number of hydrogen-bond acceptors (Lipinski definition) is 8. The quantitative estimate of drug-likeness (QED) is 0.128. The first kappa shape index (κ1) is 30.4. The molecule has 0 aliphatic carbocycles. The molecule has 1 rings (SSSR count). The number of nitrogens with one attached hydrogen (secondary N) is 3. The van der Waals surface area contributed by atoms with Crippen LogP contribution in [0.5, 0.6) is 0 Å². The second kappa shape index (κ2) is 16.9. The molecule has 11 nitrogen and oxygen atoms in total. The van der Waals surface area contributed by atoms with E-state index in [4.69, 9.17) is 11.5 Å². The molecule has 0 aliphatic heterocycles. The monoisotopic (exact) mass is 511 g/mol. The van der Waals surface area contributed by atoms with Gasteiger partial charge in [0.05, 0.1) is 12.6 Å². The number of thioether (sulfide) groups is 1. The number of carboxylic acid groups (broad SMARTS) is 1. The molecule has 35 heavy (non-hydrogen) atoms. The highest BCUT2D eigenvalue weighted by atomic mass is 32.2. The van der Waals surface area contributed by atoms with Crippen LogP contribution in [0, 0.1) is 0 Å². The summed E-state index contributed by atoms with van der Waals surface area (Å²) in [5.74, 6) is -2.76. The Morgan fingerprint density at radius 2 is 1.51 bits per heavy atom. The Labute approximate surface area is 209 Å². The maximum atomic E-state index is 12.9. The average Bonchev–Trinajstić information content (AvgIpc) is 2.84. The smallest absolute Gasteiger partial charge is 0.326 e. The van der Waals surface area contributed by atoms with Gasteiger partial charge in [-0.25, -0.2) is 4.79 Å². The van der Waals surface area contributed by atoms with Gasteiger partial charge in [0.15, 0.2) is 0 Å². The molecule has 0 saturated carbocycles. The summed E-state index contributed by atoms with van der Waals surface area (Å²) in [6.45, 7) is -0.340. The number of benzene rings is 1. The van der Waals surface area contributed by atoms with Gasteiger partial charge in [-0.3, -0.25) is 14.4 Å². The zero-order valence-corrected chi connectivity index (χ0v) is 20.8. The zero-order chi connectivity index (χ0) is 26.2. The Morgan fingerprint density at radius 3 is 2.09 bits per heavy atom. The van der Waals surface area contributed by atoms with E-state index in [-0.39, 0.29) is 19.3 Å². The molecule has 0 fully saturated rings. The molecule has 0 radical (unpaired) electrons. The van der Waals surface area contributed by atoms with Gasteiger partial charge in [-0.05, 0) is 56.2 Å². The largest absolute Gasteiger partial charge is 0.480 e. The van der Waals surface area contributed by atoms with Gasteiger partial charge in [0.2, 0.25) is 17.7 Å². The highest BCUT2D eigenvalue weighted by molar-refractivity contribution is 7.98. The molecule has 0 spiro atoms. The Bertz CT molecular complexity index is 813. The Hall–Kier alpha value is -2.67. The third-order valence-corrected chi connectivity index (χ3v) is 5.90. The Balaban J connectivity index is 2.82. The maximum Gasteiger partial charge on any atom is 0.326 e. The lowest BCUT2D eigenvalue weighted by molar-refractivity contribution is -0.142. The average molecular weight is 512 g/mol. The third kappa shape index (κ3) is 11.5. The first-order chi connectivity index (χ1) is 16.7. The number of carbonyl (C=O) groups excluding carboxylic acids is 3. The number of nitrogens with two attached hydrogens (primary N) is 2. The van der Waals surface area contributed by atoms with E-state index in [1.165, 1.54) is 11.8 Å². The molecule has 1 aromatic carbocycles. The molecular formula is C23H37N5O6S. The highest BCUT2D eigenvalue weighted by Gasteiger charge is 2.29. The van der Waals surface area contributed by atoms with Crippen LogP contribution in [-0.2, 0) is 25.6 Å². The van der Waals surface area contributed by atoms with Crippen molar-refractivity contribution in [3.05, 3.63) is 35.9 Å². The van der Waals surface area contributed by atoms with Gasteiger partial charge in [-0.2, -0.15) is 11.8 Å². The molecular weight excluding hydrogens is 474 g/mol. The van der Waals surface area contributed by atoms with E-state index >= 15 is 0 Å². The minimum atomic E-state index is -1.38. The van der Waals surface area contributed by atoms with Crippen LogP contribution in [0.3, 0.4) is 0 Å². The predicted molar refractivity (Wildman–Crippen MR) is 135 cm³/mol. The fourth-order valence-corrected chi connectivity index (χ4v) is 3.70. The van der Waals surface area contributed by atoms with E-state index in [1.807, 2.05) is 36.6 Å². The SMILES string of the molecule is CSCCC(NC(=O)C(CO)NC(=O)C(CCCCN)NC(=O)C(N)Cc1ccccc1)C(=O)O. The zero-order valence-electron chi connectivity index (χ0n) is 19.9. The van der Waals surface area contributed by atoms with Gasteiger partial charge in [0, 0.05) is 0 Å². The number of carboxylic acids is 1. The number of aliphatic hydroxyl groups excluding tert-OH is 1. The molecule has 12 heteroatoms. The molecule has 3 amide bonds. The summed E-state index contributed by atoms with van der Waals surface area (Å²) in [7, 11) is 0. The molecule has 4 atom stereocenters. The van der Waals surface area contributed by atoms with Gasteiger partial charge < -0.3 is 37.6 Å². The topological polar surface area (TPSA) is 197 Å². The van der Waals surface area contributed by atoms with Crippen LogP contribution >= 0.6 is 11.8 Å². The molecule has 0 saturated heterocycles. The first-order valence-electron chi connectivity index (χ1n) is 11.5. The minimum absolute atomic E-state index is 0.186. The molecule has 0 aromatic heterocycles. The first-order valence-corrected chi connectivity index (χ1v) is 12.9. The third-order valence-electron chi connectivity index (χ3n) is 5.26. The second-order valence-electron chi connectivity index (χ2n) is 8.07. The maximum absolute atomic E-state index is 12.9. The van der Waals surface area contributed by atoms with E-state index in [0.29, 0.717) is 25.1 Å². The molecule has 4 unspecified atom stereocenters. The van der Waals surface area contributed by atoms with Crippen molar-refractivity contribution in [1.29, 1.82) is 0 Å². The molecule has 9 N–H and O–H groups in total.